The second-order valence-electron chi connectivity index (χ2n) is 6.53. The highest BCUT2D eigenvalue weighted by Crippen LogP contribution is 2.29. The van der Waals surface area contributed by atoms with Gasteiger partial charge >= 0.3 is 5.97 Å². The Kier molecular flexibility index (Phi) is 9.02. The Bertz CT molecular complexity index is 801. The summed E-state index contributed by atoms with van der Waals surface area (Å²) < 4.78 is 16.1. The number of benzene rings is 2. The smallest absolute Gasteiger partial charge is 0.337 e. The summed E-state index contributed by atoms with van der Waals surface area (Å²) >= 11 is 0. The molecule has 0 fully saturated rings. The molecule has 0 aliphatic heterocycles. The number of esters is 1. The molecular weight excluding hydrogens is 370 g/mol. The lowest BCUT2D eigenvalue weighted by molar-refractivity contribution is -0.116. The first kappa shape index (κ1) is 22.3. The maximum absolute atomic E-state index is 12.3. The van der Waals surface area contributed by atoms with E-state index in [0.29, 0.717) is 43.1 Å². The van der Waals surface area contributed by atoms with Crippen molar-refractivity contribution < 1.29 is 23.8 Å². The van der Waals surface area contributed by atoms with E-state index in [2.05, 4.69) is 17.0 Å². The lowest BCUT2D eigenvalue weighted by atomic mass is 10.1. The molecule has 2 aromatic carbocycles. The lowest BCUT2D eigenvalue weighted by Gasteiger charge is -2.13. The molecule has 1 amide bonds. The summed E-state index contributed by atoms with van der Waals surface area (Å²) in [6.45, 7) is 5.26. The van der Waals surface area contributed by atoms with Crippen molar-refractivity contribution in [1.82, 2.24) is 0 Å². The average Bonchev–Trinajstić information content (AvgIpc) is 2.74. The van der Waals surface area contributed by atoms with Crippen LogP contribution in [-0.4, -0.2) is 32.2 Å². The third-order valence-corrected chi connectivity index (χ3v) is 4.29. The molecule has 29 heavy (non-hydrogen) atoms. The minimum absolute atomic E-state index is 0.1000. The Balaban J connectivity index is 1.91. The van der Waals surface area contributed by atoms with Crippen molar-refractivity contribution in [3.05, 3.63) is 53.6 Å². The number of unbranched alkanes of at least 4 members (excludes halogenated alkanes) is 1. The van der Waals surface area contributed by atoms with E-state index >= 15 is 0 Å². The Morgan fingerprint density at radius 1 is 0.966 bits per heavy atom. The predicted molar refractivity (Wildman–Crippen MR) is 113 cm³/mol. The average molecular weight is 399 g/mol. The number of methoxy groups -OCH3 is 1. The van der Waals surface area contributed by atoms with Crippen LogP contribution in [0.3, 0.4) is 0 Å². The molecule has 0 bridgehead atoms. The molecule has 0 atom stereocenters. The van der Waals surface area contributed by atoms with Crippen LogP contribution in [0.5, 0.6) is 11.5 Å². The standard InChI is InChI=1S/C23H29NO5/c1-4-6-15-29-20-13-7-17(16-21(20)28-5-2)8-14-22(25)24-19-11-9-18(10-12-19)23(26)27-3/h7,9-13,16H,4-6,8,14-15H2,1-3H3,(H,24,25). The van der Waals surface area contributed by atoms with Crippen molar-refractivity contribution in [2.45, 2.75) is 39.5 Å². The zero-order valence-corrected chi connectivity index (χ0v) is 17.3. The van der Waals surface area contributed by atoms with E-state index < -0.39 is 5.97 Å². The minimum atomic E-state index is -0.407. The summed E-state index contributed by atoms with van der Waals surface area (Å²) in [5.41, 5.74) is 2.08. The molecule has 2 aromatic rings. The molecule has 0 aliphatic rings. The van der Waals surface area contributed by atoms with Crippen molar-refractivity contribution in [3.8, 4) is 11.5 Å². The Morgan fingerprint density at radius 2 is 1.72 bits per heavy atom. The van der Waals surface area contributed by atoms with E-state index in [0.717, 1.165) is 24.2 Å². The van der Waals surface area contributed by atoms with Crippen molar-refractivity contribution in [2.24, 2.45) is 0 Å². The molecular formula is C23H29NO5. The second-order valence-corrected chi connectivity index (χ2v) is 6.53. The number of carbonyl (C=O) groups excluding carboxylic acids is 2. The van der Waals surface area contributed by atoms with E-state index in [1.807, 2.05) is 25.1 Å². The van der Waals surface area contributed by atoms with E-state index in [-0.39, 0.29) is 5.91 Å². The maximum atomic E-state index is 12.3. The summed E-state index contributed by atoms with van der Waals surface area (Å²) in [4.78, 5) is 23.7. The summed E-state index contributed by atoms with van der Waals surface area (Å²) in [6.07, 6.45) is 2.98. The van der Waals surface area contributed by atoms with Crippen LogP contribution in [0.25, 0.3) is 0 Å². The number of hydrogen-bond acceptors (Lipinski definition) is 5. The van der Waals surface area contributed by atoms with Crippen molar-refractivity contribution >= 4 is 17.6 Å². The van der Waals surface area contributed by atoms with Gasteiger partial charge in [-0.15, -0.1) is 0 Å². The Hall–Kier alpha value is -3.02. The number of ether oxygens (including phenoxy) is 3. The maximum Gasteiger partial charge on any atom is 0.337 e. The number of anilines is 1. The summed E-state index contributed by atoms with van der Waals surface area (Å²) in [5.74, 6) is 0.936. The Morgan fingerprint density at radius 3 is 2.38 bits per heavy atom. The number of rotatable bonds is 11. The lowest BCUT2D eigenvalue weighted by Crippen LogP contribution is -2.12. The van der Waals surface area contributed by atoms with E-state index in [1.54, 1.807) is 24.3 Å². The van der Waals surface area contributed by atoms with E-state index in [9.17, 15) is 9.59 Å². The van der Waals surface area contributed by atoms with Crippen LogP contribution in [0, 0.1) is 0 Å². The molecule has 0 aliphatic carbocycles. The van der Waals surface area contributed by atoms with Crippen LogP contribution in [0.4, 0.5) is 5.69 Å². The van der Waals surface area contributed by atoms with Gasteiger partial charge < -0.3 is 19.5 Å². The fraction of sp³-hybridized carbons (Fsp3) is 0.391. The summed E-state index contributed by atoms with van der Waals surface area (Å²) in [7, 11) is 1.33. The van der Waals surface area contributed by atoms with Crippen molar-refractivity contribution in [2.75, 3.05) is 25.6 Å². The van der Waals surface area contributed by atoms with E-state index in [1.165, 1.54) is 7.11 Å². The van der Waals surface area contributed by atoms with Gasteiger partial charge in [-0.1, -0.05) is 19.4 Å². The first-order valence-corrected chi connectivity index (χ1v) is 9.94. The molecule has 1 N–H and O–H groups in total. The number of aryl methyl sites for hydroxylation is 1. The third-order valence-electron chi connectivity index (χ3n) is 4.29. The van der Waals surface area contributed by atoms with Gasteiger partial charge in [0.1, 0.15) is 0 Å². The fourth-order valence-corrected chi connectivity index (χ4v) is 2.71. The van der Waals surface area contributed by atoms with Crippen molar-refractivity contribution in [3.63, 3.8) is 0 Å². The van der Waals surface area contributed by atoms with Gasteiger partial charge in [0.05, 0.1) is 25.9 Å². The molecule has 0 heterocycles. The molecule has 0 unspecified atom stereocenters. The largest absolute Gasteiger partial charge is 0.490 e. The molecule has 0 saturated carbocycles. The number of hydrogen-bond donors (Lipinski definition) is 1. The predicted octanol–water partition coefficient (Wildman–Crippen LogP) is 4.62. The van der Waals surface area contributed by atoms with Gasteiger partial charge in [0, 0.05) is 12.1 Å². The quantitative estimate of drug-likeness (QED) is 0.441. The van der Waals surface area contributed by atoms with Gasteiger partial charge in [-0.25, -0.2) is 4.79 Å². The molecule has 156 valence electrons. The van der Waals surface area contributed by atoms with Gasteiger partial charge in [0.15, 0.2) is 11.5 Å². The monoisotopic (exact) mass is 399 g/mol. The first-order valence-electron chi connectivity index (χ1n) is 9.94. The normalized spacial score (nSPS) is 10.3. The zero-order valence-electron chi connectivity index (χ0n) is 17.3. The summed E-state index contributed by atoms with van der Waals surface area (Å²) in [5, 5.41) is 2.83. The number of carbonyl (C=O) groups is 2. The fourth-order valence-electron chi connectivity index (χ4n) is 2.71. The number of amides is 1. The first-order chi connectivity index (χ1) is 14.1. The van der Waals surface area contributed by atoms with Crippen LogP contribution >= 0.6 is 0 Å². The highest BCUT2D eigenvalue weighted by Gasteiger charge is 2.10. The number of nitrogens with one attached hydrogen (secondary N) is 1. The topological polar surface area (TPSA) is 73.9 Å². The highest BCUT2D eigenvalue weighted by molar-refractivity contribution is 5.93. The van der Waals surface area contributed by atoms with Crippen LogP contribution in [0.15, 0.2) is 42.5 Å². The molecule has 0 radical (unpaired) electrons. The van der Waals surface area contributed by atoms with Gasteiger partial charge in [0.25, 0.3) is 0 Å². The molecule has 6 heteroatoms. The van der Waals surface area contributed by atoms with Gasteiger partial charge in [-0.3, -0.25) is 4.79 Å². The second kappa shape index (κ2) is 11.7. The van der Waals surface area contributed by atoms with Crippen molar-refractivity contribution in [1.29, 1.82) is 0 Å². The molecule has 0 spiro atoms. The summed E-state index contributed by atoms with van der Waals surface area (Å²) in [6, 6.07) is 12.4. The van der Waals surface area contributed by atoms with Gasteiger partial charge in [-0.2, -0.15) is 0 Å². The molecule has 2 rings (SSSR count). The van der Waals surface area contributed by atoms with Crippen LogP contribution in [0.1, 0.15) is 49.0 Å². The molecule has 6 nitrogen and oxygen atoms in total. The zero-order chi connectivity index (χ0) is 21.1. The highest BCUT2D eigenvalue weighted by atomic mass is 16.5. The van der Waals surface area contributed by atoms with Crippen LogP contribution in [0.2, 0.25) is 0 Å². The van der Waals surface area contributed by atoms with Crippen LogP contribution < -0.4 is 14.8 Å². The van der Waals surface area contributed by atoms with Gasteiger partial charge in [-0.05, 0) is 61.7 Å². The van der Waals surface area contributed by atoms with Crippen LogP contribution in [-0.2, 0) is 16.0 Å². The minimum Gasteiger partial charge on any atom is -0.490 e. The van der Waals surface area contributed by atoms with E-state index in [4.69, 9.17) is 9.47 Å². The Labute approximate surface area is 172 Å². The third kappa shape index (κ3) is 7.14. The van der Waals surface area contributed by atoms with Gasteiger partial charge in [0.2, 0.25) is 5.91 Å². The molecule has 0 aromatic heterocycles. The SMILES string of the molecule is CCCCOc1ccc(CCC(=O)Nc2ccc(C(=O)OC)cc2)cc1OCC. The molecule has 0 saturated heterocycles.